The van der Waals surface area contributed by atoms with Gasteiger partial charge in [0.05, 0.1) is 6.04 Å². The van der Waals surface area contributed by atoms with Crippen molar-refractivity contribution in [3.05, 3.63) is 89.7 Å². The van der Waals surface area contributed by atoms with Crippen LogP contribution < -0.4 is 5.32 Å². The fourth-order valence-electron chi connectivity index (χ4n) is 4.47. The zero-order chi connectivity index (χ0) is 20.7. The minimum atomic E-state index is -0.0448. The van der Waals surface area contributed by atoms with Crippen LogP contribution in [0.15, 0.2) is 73.1 Å². The van der Waals surface area contributed by atoms with E-state index < -0.39 is 0 Å². The second kappa shape index (κ2) is 7.43. The number of aromatic nitrogens is 2. The van der Waals surface area contributed by atoms with Gasteiger partial charge < -0.3 is 15.2 Å². The molecule has 0 bridgehead atoms. The summed E-state index contributed by atoms with van der Waals surface area (Å²) in [7, 11) is 4.14. The number of nitrogens with zero attached hydrogens (tertiary/aromatic N) is 2. The number of nitrogens with one attached hydrogen (secondary N) is 2. The Morgan fingerprint density at radius 3 is 2.67 bits per heavy atom. The molecule has 2 heterocycles. The maximum absolute atomic E-state index is 13.1. The van der Waals surface area contributed by atoms with E-state index in [9.17, 15) is 4.79 Å². The number of fused-ring (bicyclic) bond motifs is 2. The van der Waals surface area contributed by atoms with Crippen LogP contribution in [0.5, 0.6) is 0 Å². The molecule has 0 saturated carbocycles. The number of aromatic amines is 1. The maximum Gasteiger partial charge on any atom is 0.251 e. The van der Waals surface area contributed by atoms with E-state index in [-0.39, 0.29) is 18.0 Å². The average Bonchev–Trinajstić information content (AvgIpc) is 3.39. The number of hydrogen-bond donors (Lipinski definition) is 2. The van der Waals surface area contributed by atoms with Crippen LogP contribution in [0.3, 0.4) is 0 Å². The molecule has 2 atom stereocenters. The molecular formula is C25H24N4O. The van der Waals surface area contributed by atoms with Gasteiger partial charge in [-0.05, 0) is 67.0 Å². The van der Waals surface area contributed by atoms with Crippen LogP contribution in [0, 0.1) is 0 Å². The molecule has 1 aliphatic carbocycles. The average molecular weight is 396 g/mol. The fourth-order valence-corrected chi connectivity index (χ4v) is 4.47. The Balaban J connectivity index is 1.40. The van der Waals surface area contributed by atoms with Crippen LogP contribution in [0.25, 0.3) is 22.2 Å². The zero-order valence-electron chi connectivity index (χ0n) is 17.1. The normalized spacial score (nSPS) is 18.0. The molecule has 4 aromatic rings. The Morgan fingerprint density at radius 1 is 1.07 bits per heavy atom. The Morgan fingerprint density at radius 2 is 1.87 bits per heavy atom. The standard InChI is InChI=1S/C25H24N4O/c1-29(2)22-15-18-5-3-4-6-20(18)23(22)28-25(30)17-9-7-16(8-10-17)19-11-13-26-24-21(19)12-14-27-24/h3-14,22-23H,15H2,1-2H3,(H,26,27)(H,28,30)/t22-,23-/m1/s1. The summed E-state index contributed by atoms with van der Waals surface area (Å²) < 4.78 is 0. The lowest BCUT2D eigenvalue weighted by atomic mass is 10.0. The Kier molecular flexibility index (Phi) is 4.60. The highest BCUT2D eigenvalue weighted by atomic mass is 16.1. The van der Waals surface area contributed by atoms with Crippen molar-refractivity contribution in [1.82, 2.24) is 20.2 Å². The third-order valence-electron chi connectivity index (χ3n) is 6.07. The van der Waals surface area contributed by atoms with Crippen molar-refractivity contribution in [2.24, 2.45) is 0 Å². The van der Waals surface area contributed by atoms with E-state index >= 15 is 0 Å². The first kappa shape index (κ1) is 18.6. The zero-order valence-corrected chi connectivity index (χ0v) is 17.1. The van der Waals surface area contributed by atoms with Crippen LogP contribution >= 0.6 is 0 Å². The molecule has 2 aromatic heterocycles. The lowest BCUT2D eigenvalue weighted by Crippen LogP contribution is -2.41. The summed E-state index contributed by atoms with van der Waals surface area (Å²) in [6.07, 6.45) is 4.64. The summed E-state index contributed by atoms with van der Waals surface area (Å²) in [4.78, 5) is 22.7. The first-order chi connectivity index (χ1) is 14.6. The predicted molar refractivity (Wildman–Crippen MR) is 119 cm³/mol. The van der Waals surface area contributed by atoms with Crippen LogP contribution in [0.4, 0.5) is 0 Å². The van der Waals surface area contributed by atoms with E-state index in [0.717, 1.165) is 28.6 Å². The van der Waals surface area contributed by atoms with Gasteiger partial charge in [-0.15, -0.1) is 0 Å². The lowest BCUT2D eigenvalue weighted by Gasteiger charge is -2.27. The summed E-state index contributed by atoms with van der Waals surface area (Å²) >= 11 is 0. The van der Waals surface area contributed by atoms with E-state index in [1.807, 2.05) is 48.7 Å². The number of benzene rings is 2. The summed E-state index contributed by atoms with van der Waals surface area (Å²) in [6, 6.07) is 20.5. The minimum Gasteiger partial charge on any atom is -0.346 e. The summed E-state index contributed by atoms with van der Waals surface area (Å²) in [6.45, 7) is 0. The molecular weight excluding hydrogens is 372 g/mol. The highest BCUT2D eigenvalue weighted by Gasteiger charge is 2.34. The molecule has 0 spiro atoms. The highest BCUT2D eigenvalue weighted by Crippen LogP contribution is 2.34. The number of rotatable bonds is 4. The first-order valence-electron chi connectivity index (χ1n) is 10.2. The fraction of sp³-hybridized carbons (Fsp3) is 0.200. The van der Waals surface area contributed by atoms with Gasteiger partial charge in [-0.3, -0.25) is 4.79 Å². The predicted octanol–water partition coefficient (Wildman–Crippen LogP) is 4.19. The summed E-state index contributed by atoms with van der Waals surface area (Å²) in [5.74, 6) is -0.0448. The molecule has 150 valence electrons. The van der Waals surface area contributed by atoms with Crippen LogP contribution in [0.1, 0.15) is 27.5 Å². The van der Waals surface area contributed by atoms with E-state index in [1.54, 1.807) is 6.20 Å². The van der Waals surface area contributed by atoms with Gasteiger partial charge in [0.1, 0.15) is 5.65 Å². The molecule has 1 amide bonds. The Bertz CT molecular complexity index is 1210. The van der Waals surface area contributed by atoms with Crippen molar-refractivity contribution in [2.75, 3.05) is 14.1 Å². The quantitative estimate of drug-likeness (QED) is 0.544. The van der Waals surface area contributed by atoms with Crippen molar-refractivity contribution < 1.29 is 4.79 Å². The van der Waals surface area contributed by atoms with Crippen LogP contribution in [0.2, 0.25) is 0 Å². The molecule has 2 N–H and O–H groups in total. The van der Waals surface area contributed by atoms with Crippen molar-refractivity contribution in [3.63, 3.8) is 0 Å². The van der Waals surface area contributed by atoms with Crippen LogP contribution in [-0.2, 0) is 6.42 Å². The van der Waals surface area contributed by atoms with Gasteiger partial charge in [-0.2, -0.15) is 0 Å². The van der Waals surface area contributed by atoms with Gasteiger partial charge in [0.25, 0.3) is 5.91 Å². The second-order valence-corrected chi connectivity index (χ2v) is 8.06. The number of pyridine rings is 1. The van der Waals surface area contributed by atoms with Gasteiger partial charge in [-0.25, -0.2) is 4.98 Å². The Labute approximate surface area is 175 Å². The summed E-state index contributed by atoms with van der Waals surface area (Å²) in [5.41, 5.74) is 6.23. The SMILES string of the molecule is CN(C)[C@@H]1Cc2ccccc2[C@H]1NC(=O)c1ccc(-c2ccnc3[nH]ccc23)cc1. The topological polar surface area (TPSA) is 61.0 Å². The molecule has 5 nitrogen and oxygen atoms in total. The number of carbonyl (C=O) groups excluding carboxylic acids is 1. The largest absolute Gasteiger partial charge is 0.346 e. The minimum absolute atomic E-state index is 0.0111. The number of H-pyrrole nitrogens is 1. The molecule has 30 heavy (non-hydrogen) atoms. The van der Waals surface area contributed by atoms with Crippen molar-refractivity contribution in [2.45, 2.75) is 18.5 Å². The molecule has 0 radical (unpaired) electrons. The van der Waals surface area contributed by atoms with Crippen molar-refractivity contribution in [3.8, 4) is 11.1 Å². The monoisotopic (exact) mass is 396 g/mol. The van der Waals surface area contributed by atoms with Gasteiger partial charge in [-0.1, -0.05) is 36.4 Å². The molecule has 0 fully saturated rings. The maximum atomic E-state index is 13.1. The van der Waals surface area contributed by atoms with Gasteiger partial charge in [0.15, 0.2) is 0 Å². The van der Waals surface area contributed by atoms with E-state index in [0.29, 0.717) is 5.56 Å². The number of carbonyl (C=O) groups is 1. The van der Waals surface area contributed by atoms with E-state index in [4.69, 9.17) is 0 Å². The van der Waals surface area contributed by atoms with E-state index in [2.05, 4.69) is 52.5 Å². The third kappa shape index (κ3) is 3.17. The van der Waals surface area contributed by atoms with Crippen molar-refractivity contribution in [1.29, 1.82) is 0 Å². The molecule has 2 aromatic carbocycles. The van der Waals surface area contributed by atoms with Crippen molar-refractivity contribution >= 4 is 16.9 Å². The molecule has 0 aliphatic heterocycles. The summed E-state index contributed by atoms with van der Waals surface area (Å²) in [5, 5.41) is 4.35. The third-order valence-corrected chi connectivity index (χ3v) is 6.07. The smallest absolute Gasteiger partial charge is 0.251 e. The number of likely N-dealkylation sites (N-methyl/N-ethyl adjacent to an activating group) is 1. The lowest BCUT2D eigenvalue weighted by molar-refractivity contribution is 0.0914. The number of amides is 1. The molecule has 5 rings (SSSR count). The second-order valence-electron chi connectivity index (χ2n) is 8.06. The van der Waals surface area contributed by atoms with Gasteiger partial charge in [0.2, 0.25) is 0 Å². The van der Waals surface area contributed by atoms with Crippen LogP contribution in [-0.4, -0.2) is 40.9 Å². The molecule has 1 aliphatic rings. The molecule has 0 saturated heterocycles. The molecule has 5 heteroatoms. The van der Waals surface area contributed by atoms with Gasteiger partial charge in [0, 0.05) is 29.4 Å². The highest BCUT2D eigenvalue weighted by molar-refractivity contribution is 5.97. The van der Waals surface area contributed by atoms with Gasteiger partial charge >= 0.3 is 0 Å². The first-order valence-corrected chi connectivity index (χ1v) is 10.2. The van der Waals surface area contributed by atoms with E-state index in [1.165, 1.54) is 11.1 Å². The Hall–Kier alpha value is -3.44. The molecule has 0 unspecified atom stereocenters. The number of hydrogen-bond acceptors (Lipinski definition) is 3.